The summed E-state index contributed by atoms with van der Waals surface area (Å²) in [6.45, 7) is -0.600. The minimum atomic E-state index is -1.39. The Labute approximate surface area is 97.7 Å². The van der Waals surface area contributed by atoms with Crippen molar-refractivity contribution in [1.82, 2.24) is 4.90 Å². The van der Waals surface area contributed by atoms with Gasteiger partial charge in [0.15, 0.2) is 0 Å². The molecule has 0 saturated carbocycles. The largest absolute Gasteiger partial charge is 0.396 e. The van der Waals surface area contributed by atoms with Gasteiger partial charge >= 0.3 is 0 Å². The highest BCUT2D eigenvalue weighted by Gasteiger charge is 2.36. The molecule has 0 bridgehead atoms. The van der Waals surface area contributed by atoms with Gasteiger partial charge in [-0.3, -0.25) is 14.5 Å². The Kier molecular flexibility index (Phi) is 3.19. The standard InChI is InChI=1S/C12H12FNO3/c13-8(5-6-15)7-14-11(16)9-3-1-2-4-10(9)12(14)17/h1-4,8,15H,5-7H2. The molecular formula is C12H12FNO3. The molecule has 1 unspecified atom stereocenters. The van der Waals surface area contributed by atoms with Crippen LogP contribution < -0.4 is 0 Å². The molecule has 0 fully saturated rings. The van der Waals surface area contributed by atoms with Gasteiger partial charge in [0.05, 0.1) is 17.7 Å². The zero-order valence-corrected chi connectivity index (χ0v) is 9.10. The third-order valence-electron chi connectivity index (χ3n) is 2.70. The molecule has 4 nitrogen and oxygen atoms in total. The van der Waals surface area contributed by atoms with Crippen LogP contribution in [0.3, 0.4) is 0 Å². The van der Waals surface area contributed by atoms with Crippen LogP contribution in [0.5, 0.6) is 0 Å². The van der Waals surface area contributed by atoms with Crippen LogP contribution in [0.1, 0.15) is 27.1 Å². The average Bonchev–Trinajstić information content (AvgIpc) is 2.56. The Morgan fingerprint density at radius 2 is 1.71 bits per heavy atom. The van der Waals surface area contributed by atoms with E-state index >= 15 is 0 Å². The molecule has 2 amide bonds. The summed E-state index contributed by atoms with van der Waals surface area (Å²) in [5.74, 6) is -0.933. The minimum Gasteiger partial charge on any atom is -0.396 e. The predicted molar refractivity (Wildman–Crippen MR) is 58.4 cm³/mol. The summed E-state index contributed by atoms with van der Waals surface area (Å²) in [5, 5.41) is 8.59. The first-order valence-electron chi connectivity index (χ1n) is 5.35. The minimum absolute atomic E-state index is 0.0760. The summed E-state index contributed by atoms with van der Waals surface area (Å²) >= 11 is 0. The van der Waals surface area contributed by atoms with E-state index in [2.05, 4.69) is 0 Å². The number of carbonyl (C=O) groups is 2. The number of hydrogen-bond donors (Lipinski definition) is 1. The van der Waals surface area contributed by atoms with E-state index in [0.717, 1.165) is 4.90 Å². The molecule has 2 rings (SSSR count). The lowest BCUT2D eigenvalue weighted by atomic mass is 10.1. The van der Waals surface area contributed by atoms with Gasteiger partial charge in [-0.15, -0.1) is 0 Å². The van der Waals surface area contributed by atoms with Crippen molar-refractivity contribution in [3.8, 4) is 0 Å². The molecule has 1 aromatic rings. The first kappa shape index (κ1) is 11.7. The smallest absolute Gasteiger partial charge is 0.261 e. The van der Waals surface area contributed by atoms with Crippen molar-refractivity contribution in [3.63, 3.8) is 0 Å². The lowest BCUT2D eigenvalue weighted by molar-refractivity contribution is 0.0598. The molecule has 1 aliphatic rings. The van der Waals surface area contributed by atoms with Crippen LogP contribution in [0.25, 0.3) is 0 Å². The molecule has 17 heavy (non-hydrogen) atoms. The van der Waals surface area contributed by atoms with Crippen LogP contribution in [0, 0.1) is 0 Å². The molecule has 0 aromatic heterocycles. The highest BCUT2D eigenvalue weighted by Crippen LogP contribution is 2.23. The summed E-state index contributed by atoms with van der Waals surface area (Å²) in [7, 11) is 0. The maximum absolute atomic E-state index is 13.3. The summed E-state index contributed by atoms with van der Waals surface area (Å²) in [6.07, 6.45) is -1.46. The molecule has 0 saturated heterocycles. The van der Waals surface area contributed by atoms with Crippen LogP contribution in [0.4, 0.5) is 4.39 Å². The fourth-order valence-corrected chi connectivity index (χ4v) is 1.83. The fraction of sp³-hybridized carbons (Fsp3) is 0.333. The van der Waals surface area contributed by atoms with E-state index in [9.17, 15) is 14.0 Å². The number of hydrogen-bond acceptors (Lipinski definition) is 3. The number of halogens is 1. The predicted octanol–water partition coefficient (Wildman–Crippen LogP) is 1.00. The van der Waals surface area contributed by atoms with E-state index in [1.807, 2.05) is 0 Å². The number of rotatable bonds is 4. The van der Waals surface area contributed by atoms with Gasteiger partial charge in [-0.1, -0.05) is 12.1 Å². The van der Waals surface area contributed by atoms with Crippen LogP contribution in [-0.4, -0.2) is 41.1 Å². The molecule has 1 aromatic carbocycles. The van der Waals surface area contributed by atoms with Crippen LogP contribution in [-0.2, 0) is 0 Å². The van der Waals surface area contributed by atoms with Gasteiger partial charge in [0.1, 0.15) is 6.17 Å². The Bertz CT molecular complexity index is 426. The summed E-state index contributed by atoms with van der Waals surface area (Å²) in [4.78, 5) is 24.5. The number of imide groups is 1. The van der Waals surface area contributed by atoms with Crippen molar-refractivity contribution in [2.45, 2.75) is 12.6 Å². The highest BCUT2D eigenvalue weighted by molar-refractivity contribution is 6.21. The van der Waals surface area contributed by atoms with Crippen molar-refractivity contribution in [2.75, 3.05) is 13.2 Å². The SMILES string of the molecule is O=C1c2ccccc2C(=O)N1CC(F)CCO. The maximum Gasteiger partial charge on any atom is 0.261 e. The number of aliphatic hydroxyl groups excluding tert-OH is 1. The first-order chi connectivity index (χ1) is 8.15. The summed E-state index contributed by atoms with van der Waals surface area (Å²) in [5.41, 5.74) is 0.627. The second-order valence-corrected chi connectivity index (χ2v) is 3.88. The van der Waals surface area contributed by atoms with Gasteiger partial charge < -0.3 is 5.11 Å². The number of nitrogens with zero attached hydrogens (tertiary/aromatic N) is 1. The van der Waals surface area contributed by atoms with Crippen molar-refractivity contribution in [3.05, 3.63) is 35.4 Å². The Morgan fingerprint density at radius 1 is 1.18 bits per heavy atom. The summed E-state index contributed by atoms with van der Waals surface area (Å²) < 4.78 is 13.3. The molecule has 1 N–H and O–H groups in total. The molecular weight excluding hydrogens is 225 g/mol. The van der Waals surface area contributed by atoms with Gasteiger partial charge in [0.25, 0.3) is 11.8 Å². The average molecular weight is 237 g/mol. The number of amides is 2. The molecule has 0 aliphatic carbocycles. The first-order valence-corrected chi connectivity index (χ1v) is 5.35. The van der Waals surface area contributed by atoms with Gasteiger partial charge in [0, 0.05) is 13.0 Å². The topological polar surface area (TPSA) is 57.6 Å². The van der Waals surface area contributed by atoms with Crippen molar-refractivity contribution in [1.29, 1.82) is 0 Å². The molecule has 90 valence electrons. The lowest BCUT2D eigenvalue weighted by Crippen LogP contribution is -2.35. The van der Waals surface area contributed by atoms with E-state index in [4.69, 9.17) is 5.11 Å². The second kappa shape index (κ2) is 4.63. The van der Waals surface area contributed by atoms with E-state index < -0.39 is 18.0 Å². The van der Waals surface area contributed by atoms with Gasteiger partial charge in [-0.25, -0.2) is 4.39 Å². The molecule has 5 heteroatoms. The van der Waals surface area contributed by atoms with E-state index in [1.165, 1.54) is 0 Å². The lowest BCUT2D eigenvalue weighted by Gasteiger charge is -2.16. The number of carbonyl (C=O) groups excluding carboxylic acids is 2. The monoisotopic (exact) mass is 237 g/mol. The molecule has 1 atom stereocenters. The number of alkyl halides is 1. The Morgan fingerprint density at radius 3 is 2.18 bits per heavy atom. The summed E-state index contributed by atoms with van der Waals surface area (Å²) in [6, 6.07) is 6.42. The third-order valence-corrected chi connectivity index (χ3v) is 2.70. The quantitative estimate of drug-likeness (QED) is 0.795. The van der Waals surface area contributed by atoms with Crippen LogP contribution in [0.2, 0.25) is 0 Å². The molecule has 0 spiro atoms. The van der Waals surface area contributed by atoms with Gasteiger partial charge in [-0.2, -0.15) is 0 Å². The Hall–Kier alpha value is -1.75. The van der Waals surface area contributed by atoms with E-state index in [0.29, 0.717) is 11.1 Å². The molecule has 0 radical (unpaired) electrons. The zero-order chi connectivity index (χ0) is 12.4. The van der Waals surface area contributed by atoms with Gasteiger partial charge in [0.2, 0.25) is 0 Å². The zero-order valence-electron chi connectivity index (χ0n) is 9.10. The second-order valence-electron chi connectivity index (χ2n) is 3.88. The number of benzene rings is 1. The Balaban J connectivity index is 2.19. The van der Waals surface area contributed by atoms with E-state index in [-0.39, 0.29) is 19.6 Å². The third kappa shape index (κ3) is 2.06. The van der Waals surface area contributed by atoms with Crippen molar-refractivity contribution >= 4 is 11.8 Å². The van der Waals surface area contributed by atoms with Crippen molar-refractivity contribution in [2.24, 2.45) is 0 Å². The maximum atomic E-state index is 13.3. The fourth-order valence-electron chi connectivity index (χ4n) is 1.83. The number of aliphatic hydroxyl groups is 1. The van der Waals surface area contributed by atoms with E-state index in [1.54, 1.807) is 24.3 Å². The molecule has 1 aliphatic heterocycles. The number of fused-ring (bicyclic) bond motifs is 1. The van der Waals surface area contributed by atoms with Crippen LogP contribution in [0.15, 0.2) is 24.3 Å². The highest BCUT2D eigenvalue weighted by atomic mass is 19.1. The van der Waals surface area contributed by atoms with Crippen LogP contribution >= 0.6 is 0 Å². The van der Waals surface area contributed by atoms with Gasteiger partial charge in [-0.05, 0) is 12.1 Å². The van der Waals surface area contributed by atoms with Crippen molar-refractivity contribution < 1.29 is 19.1 Å². The molecule has 1 heterocycles. The normalized spacial score (nSPS) is 16.2.